The number of hydrogen-bond donors (Lipinski definition) is 0. The number of rotatable bonds is 4. The first-order chi connectivity index (χ1) is 7.90. The Morgan fingerprint density at radius 2 is 1.88 bits per heavy atom. The molecule has 1 saturated heterocycles. The topological polar surface area (TPSA) is 12.5 Å². The molecule has 0 aliphatic carbocycles. The van der Waals surface area contributed by atoms with Crippen molar-refractivity contribution in [2.75, 3.05) is 32.8 Å². The summed E-state index contributed by atoms with van der Waals surface area (Å²) in [7, 11) is 0. The molecule has 2 heteroatoms. The zero-order valence-corrected chi connectivity index (χ0v) is 10.1. The highest BCUT2D eigenvalue weighted by atomic mass is 16.5. The van der Waals surface area contributed by atoms with Crippen molar-refractivity contribution in [3.63, 3.8) is 0 Å². The van der Waals surface area contributed by atoms with Gasteiger partial charge in [0.2, 0.25) is 0 Å². The Balaban J connectivity index is 1.94. The first kappa shape index (κ1) is 11.6. The molecule has 1 unspecified atom stereocenters. The van der Waals surface area contributed by atoms with Gasteiger partial charge in [-0.1, -0.05) is 37.3 Å². The Hall–Kier alpha value is -0.860. The van der Waals surface area contributed by atoms with Crippen LogP contribution < -0.4 is 0 Å². The molecule has 88 valence electrons. The van der Waals surface area contributed by atoms with Crippen molar-refractivity contribution in [3.8, 4) is 0 Å². The average Bonchev–Trinajstić information content (AvgIpc) is 2.38. The molecule has 1 aliphatic heterocycles. The second-order valence-electron chi connectivity index (χ2n) is 4.43. The summed E-state index contributed by atoms with van der Waals surface area (Å²) in [6, 6.07) is 10.8. The van der Waals surface area contributed by atoms with Gasteiger partial charge in [0, 0.05) is 19.6 Å². The van der Waals surface area contributed by atoms with E-state index < -0.39 is 0 Å². The molecule has 0 saturated carbocycles. The van der Waals surface area contributed by atoms with Crippen LogP contribution in [-0.2, 0) is 4.74 Å². The van der Waals surface area contributed by atoms with E-state index in [2.05, 4.69) is 42.2 Å². The molecular formula is C14H21NO. The highest BCUT2D eigenvalue weighted by molar-refractivity contribution is 5.19. The fourth-order valence-electron chi connectivity index (χ4n) is 2.29. The summed E-state index contributed by atoms with van der Waals surface area (Å²) in [4.78, 5) is 2.52. The molecule has 0 spiro atoms. The Kier molecular flexibility index (Phi) is 4.37. The van der Waals surface area contributed by atoms with E-state index in [4.69, 9.17) is 4.74 Å². The van der Waals surface area contributed by atoms with Gasteiger partial charge in [0.05, 0.1) is 13.2 Å². The molecular weight excluding hydrogens is 198 g/mol. The van der Waals surface area contributed by atoms with Gasteiger partial charge in [-0.25, -0.2) is 0 Å². The summed E-state index contributed by atoms with van der Waals surface area (Å²) in [6.45, 7) is 7.41. The lowest BCUT2D eigenvalue weighted by Gasteiger charge is -2.30. The van der Waals surface area contributed by atoms with Crippen molar-refractivity contribution in [1.82, 2.24) is 4.90 Å². The Labute approximate surface area is 98.2 Å². The van der Waals surface area contributed by atoms with Gasteiger partial charge in [-0.05, 0) is 17.9 Å². The van der Waals surface area contributed by atoms with E-state index >= 15 is 0 Å². The number of benzene rings is 1. The molecule has 16 heavy (non-hydrogen) atoms. The van der Waals surface area contributed by atoms with Gasteiger partial charge in [0.25, 0.3) is 0 Å². The predicted molar refractivity (Wildman–Crippen MR) is 66.7 cm³/mol. The lowest BCUT2D eigenvalue weighted by atomic mass is 9.96. The van der Waals surface area contributed by atoms with Crippen molar-refractivity contribution in [1.29, 1.82) is 0 Å². The minimum atomic E-state index is 0.666. The number of morpholine rings is 1. The summed E-state index contributed by atoms with van der Waals surface area (Å²) < 4.78 is 5.38. The molecule has 2 nitrogen and oxygen atoms in total. The standard InChI is InChI=1S/C14H21NO/c1-2-13(14-6-4-3-5-7-14)12-15-8-10-16-11-9-15/h3-7,13H,2,8-12H2,1H3. The highest BCUT2D eigenvalue weighted by Crippen LogP contribution is 2.20. The van der Waals surface area contributed by atoms with Gasteiger partial charge in [0.1, 0.15) is 0 Å². The van der Waals surface area contributed by atoms with Gasteiger partial charge >= 0.3 is 0 Å². The SMILES string of the molecule is CCC(CN1CCOCC1)c1ccccc1. The van der Waals surface area contributed by atoms with Crippen LogP contribution in [0, 0.1) is 0 Å². The van der Waals surface area contributed by atoms with Crippen molar-refractivity contribution in [3.05, 3.63) is 35.9 Å². The highest BCUT2D eigenvalue weighted by Gasteiger charge is 2.16. The monoisotopic (exact) mass is 219 g/mol. The summed E-state index contributed by atoms with van der Waals surface area (Å²) in [5.41, 5.74) is 1.47. The molecule has 1 heterocycles. The fourth-order valence-corrected chi connectivity index (χ4v) is 2.29. The van der Waals surface area contributed by atoms with E-state index in [1.165, 1.54) is 18.5 Å². The van der Waals surface area contributed by atoms with Crippen molar-refractivity contribution in [2.24, 2.45) is 0 Å². The second-order valence-corrected chi connectivity index (χ2v) is 4.43. The van der Waals surface area contributed by atoms with Crippen LogP contribution >= 0.6 is 0 Å². The third-order valence-corrected chi connectivity index (χ3v) is 3.35. The minimum absolute atomic E-state index is 0.666. The lowest BCUT2D eigenvalue weighted by molar-refractivity contribution is 0.0348. The third kappa shape index (κ3) is 3.06. The maximum absolute atomic E-state index is 5.38. The molecule has 1 aliphatic rings. The van der Waals surface area contributed by atoms with Crippen molar-refractivity contribution >= 4 is 0 Å². The van der Waals surface area contributed by atoms with Crippen LogP contribution in [0.5, 0.6) is 0 Å². The molecule has 0 radical (unpaired) electrons. The normalized spacial score (nSPS) is 19.6. The summed E-state index contributed by atoms with van der Waals surface area (Å²) in [5, 5.41) is 0. The van der Waals surface area contributed by atoms with Crippen LogP contribution in [0.15, 0.2) is 30.3 Å². The average molecular weight is 219 g/mol. The fraction of sp³-hybridized carbons (Fsp3) is 0.571. The lowest BCUT2D eigenvalue weighted by Crippen LogP contribution is -2.38. The number of ether oxygens (including phenoxy) is 1. The molecule has 0 N–H and O–H groups in total. The zero-order chi connectivity index (χ0) is 11.2. The first-order valence-electron chi connectivity index (χ1n) is 6.25. The van der Waals surface area contributed by atoms with Crippen LogP contribution in [0.25, 0.3) is 0 Å². The van der Waals surface area contributed by atoms with Gasteiger partial charge in [-0.15, -0.1) is 0 Å². The maximum atomic E-state index is 5.38. The molecule has 1 fully saturated rings. The molecule has 2 rings (SSSR count). The second kappa shape index (κ2) is 6.02. The summed E-state index contributed by atoms with van der Waals surface area (Å²) in [5.74, 6) is 0.666. The molecule has 1 aromatic rings. The summed E-state index contributed by atoms with van der Waals surface area (Å²) >= 11 is 0. The molecule has 0 amide bonds. The minimum Gasteiger partial charge on any atom is -0.379 e. The Morgan fingerprint density at radius 3 is 2.50 bits per heavy atom. The van der Waals surface area contributed by atoms with E-state index in [0.29, 0.717) is 5.92 Å². The van der Waals surface area contributed by atoms with Gasteiger partial charge in [-0.2, -0.15) is 0 Å². The van der Waals surface area contributed by atoms with Crippen molar-refractivity contribution < 1.29 is 4.74 Å². The van der Waals surface area contributed by atoms with Crippen LogP contribution in [0.1, 0.15) is 24.8 Å². The van der Waals surface area contributed by atoms with E-state index in [1.807, 2.05) is 0 Å². The smallest absolute Gasteiger partial charge is 0.0594 e. The largest absolute Gasteiger partial charge is 0.379 e. The maximum Gasteiger partial charge on any atom is 0.0594 e. The van der Waals surface area contributed by atoms with Crippen LogP contribution in [0.3, 0.4) is 0 Å². The van der Waals surface area contributed by atoms with Crippen molar-refractivity contribution in [2.45, 2.75) is 19.3 Å². The first-order valence-corrected chi connectivity index (χ1v) is 6.25. The van der Waals surface area contributed by atoms with E-state index in [-0.39, 0.29) is 0 Å². The van der Waals surface area contributed by atoms with Crippen LogP contribution in [0.2, 0.25) is 0 Å². The zero-order valence-electron chi connectivity index (χ0n) is 10.1. The summed E-state index contributed by atoms with van der Waals surface area (Å²) in [6.07, 6.45) is 1.21. The molecule has 0 bridgehead atoms. The quantitative estimate of drug-likeness (QED) is 0.771. The van der Waals surface area contributed by atoms with Gasteiger partial charge in [0.15, 0.2) is 0 Å². The van der Waals surface area contributed by atoms with E-state index in [0.717, 1.165) is 26.3 Å². The van der Waals surface area contributed by atoms with Gasteiger partial charge in [-0.3, -0.25) is 4.90 Å². The third-order valence-electron chi connectivity index (χ3n) is 3.35. The van der Waals surface area contributed by atoms with E-state index in [1.54, 1.807) is 0 Å². The molecule has 1 atom stereocenters. The van der Waals surface area contributed by atoms with Crippen LogP contribution in [0.4, 0.5) is 0 Å². The molecule has 0 aromatic heterocycles. The molecule has 1 aromatic carbocycles. The van der Waals surface area contributed by atoms with Crippen LogP contribution in [-0.4, -0.2) is 37.7 Å². The van der Waals surface area contributed by atoms with Gasteiger partial charge < -0.3 is 4.74 Å². The Morgan fingerprint density at radius 1 is 1.19 bits per heavy atom. The Bertz CT molecular complexity index is 293. The van der Waals surface area contributed by atoms with E-state index in [9.17, 15) is 0 Å². The number of nitrogens with zero attached hydrogens (tertiary/aromatic N) is 1. The number of hydrogen-bond acceptors (Lipinski definition) is 2. The predicted octanol–water partition coefficient (Wildman–Crippen LogP) is 2.51.